The molecule has 5 nitrogen and oxygen atoms in total. The van der Waals surface area contributed by atoms with Crippen molar-refractivity contribution in [3.8, 4) is 0 Å². The summed E-state index contributed by atoms with van der Waals surface area (Å²) in [5.74, 6) is -0.0569. The van der Waals surface area contributed by atoms with Crippen LogP contribution in [0.5, 0.6) is 0 Å². The number of halogens is 1. The van der Waals surface area contributed by atoms with Crippen LogP contribution in [0.1, 0.15) is 24.2 Å². The van der Waals surface area contributed by atoms with E-state index in [1.807, 2.05) is 13.8 Å². The molecule has 0 unspecified atom stereocenters. The summed E-state index contributed by atoms with van der Waals surface area (Å²) in [6, 6.07) is 5.03. The Morgan fingerprint density at radius 2 is 2.19 bits per heavy atom. The Bertz CT molecular complexity index is 651. The van der Waals surface area contributed by atoms with E-state index in [1.54, 1.807) is 24.5 Å². The molecule has 0 bridgehead atoms. The molecule has 1 heterocycles. The molecule has 1 amide bonds. The molecule has 0 radical (unpaired) electrons. The van der Waals surface area contributed by atoms with Crippen molar-refractivity contribution >= 4 is 28.9 Å². The number of nitrogens with zero attached hydrogens (tertiary/aromatic N) is 2. The third-order valence-corrected chi connectivity index (χ3v) is 3.67. The zero-order chi connectivity index (χ0) is 15.4. The fraction of sp³-hybridized carbons (Fsp3) is 0.333. The average molecular weight is 307 g/mol. The quantitative estimate of drug-likeness (QED) is 0.833. The number of hydrogen-bond donors (Lipinski definition) is 2. The second-order valence-corrected chi connectivity index (χ2v) is 5.43. The molecule has 0 saturated carbocycles. The van der Waals surface area contributed by atoms with Crippen LogP contribution in [-0.2, 0) is 11.3 Å². The molecule has 21 heavy (non-hydrogen) atoms. The molecule has 0 aliphatic heterocycles. The summed E-state index contributed by atoms with van der Waals surface area (Å²) < 4.78 is 2.05. The summed E-state index contributed by atoms with van der Waals surface area (Å²) in [4.78, 5) is 16.1. The predicted molar refractivity (Wildman–Crippen MR) is 85.4 cm³/mol. The van der Waals surface area contributed by atoms with Crippen LogP contribution in [0.25, 0.3) is 0 Å². The third kappa shape index (κ3) is 3.98. The smallest absolute Gasteiger partial charge is 0.224 e. The molecule has 0 aliphatic carbocycles. The van der Waals surface area contributed by atoms with Gasteiger partial charge in [0.25, 0.3) is 0 Å². The highest BCUT2D eigenvalue weighted by Crippen LogP contribution is 2.22. The summed E-state index contributed by atoms with van der Waals surface area (Å²) >= 11 is 5.82. The van der Waals surface area contributed by atoms with Gasteiger partial charge in [0, 0.05) is 23.7 Å². The van der Waals surface area contributed by atoms with Gasteiger partial charge < -0.3 is 15.6 Å². The van der Waals surface area contributed by atoms with Gasteiger partial charge in [-0.05, 0) is 38.5 Å². The van der Waals surface area contributed by atoms with Crippen molar-refractivity contribution < 1.29 is 4.79 Å². The van der Waals surface area contributed by atoms with E-state index < -0.39 is 0 Å². The van der Waals surface area contributed by atoms with Gasteiger partial charge in [0.15, 0.2) is 0 Å². The zero-order valence-corrected chi connectivity index (χ0v) is 12.9. The Labute approximate surface area is 129 Å². The van der Waals surface area contributed by atoms with Gasteiger partial charge in [-0.15, -0.1) is 0 Å². The number of rotatable bonds is 5. The summed E-state index contributed by atoms with van der Waals surface area (Å²) in [6.45, 7) is 4.77. The molecule has 1 aromatic heterocycles. The number of benzene rings is 1. The highest BCUT2D eigenvalue weighted by atomic mass is 35.5. The maximum Gasteiger partial charge on any atom is 0.224 e. The molecule has 3 N–H and O–H groups in total. The number of aryl methyl sites for hydroxylation is 2. The van der Waals surface area contributed by atoms with E-state index in [0.29, 0.717) is 22.8 Å². The van der Waals surface area contributed by atoms with Crippen LogP contribution in [0.15, 0.2) is 24.5 Å². The second-order valence-electron chi connectivity index (χ2n) is 4.99. The van der Waals surface area contributed by atoms with Crippen molar-refractivity contribution in [2.24, 2.45) is 0 Å². The summed E-state index contributed by atoms with van der Waals surface area (Å²) in [5.41, 5.74) is 9.02. The van der Waals surface area contributed by atoms with Crippen LogP contribution >= 0.6 is 11.6 Å². The maximum atomic E-state index is 11.9. The van der Waals surface area contributed by atoms with Crippen LogP contribution in [0.3, 0.4) is 0 Å². The topological polar surface area (TPSA) is 72.9 Å². The van der Waals surface area contributed by atoms with Gasteiger partial charge in [-0.3, -0.25) is 4.79 Å². The summed E-state index contributed by atoms with van der Waals surface area (Å²) in [6.07, 6.45) is 2.98. The zero-order valence-electron chi connectivity index (χ0n) is 12.2. The Hall–Kier alpha value is -2.01. The number of anilines is 2. The minimum absolute atomic E-state index is 0.0569. The summed E-state index contributed by atoms with van der Waals surface area (Å²) in [7, 11) is 0. The molecule has 112 valence electrons. The van der Waals surface area contributed by atoms with Gasteiger partial charge in [-0.25, -0.2) is 4.98 Å². The van der Waals surface area contributed by atoms with Crippen LogP contribution in [-0.4, -0.2) is 15.5 Å². The number of nitrogens with two attached hydrogens (primary N) is 1. The first-order valence-electron chi connectivity index (χ1n) is 6.80. The van der Waals surface area contributed by atoms with Crippen molar-refractivity contribution in [3.63, 3.8) is 0 Å². The molecule has 6 heteroatoms. The van der Waals surface area contributed by atoms with Crippen molar-refractivity contribution in [3.05, 3.63) is 40.9 Å². The predicted octanol–water partition coefficient (Wildman–Crippen LogP) is 3.15. The molecule has 0 aliphatic rings. The molecule has 1 aromatic carbocycles. The van der Waals surface area contributed by atoms with E-state index in [-0.39, 0.29) is 5.91 Å². The van der Waals surface area contributed by atoms with Crippen LogP contribution in [0.4, 0.5) is 11.4 Å². The van der Waals surface area contributed by atoms with E-state index in [2.05, 4.69) is 14.9 Å². The lowest BCUT2D eigenvalue weighted by Crippen LogP contribution is -2.13. The number of nitrogen functional groups attached to an aromatic ring is 1. The van der Waals surface area contributed by atoms with Crippen molar-refractivity contribution in [2.45, 2.75) is 33.2 Å². The Morgan fingerprint density at radius 3 is 2.81 bits per heavy atom. The van der Waals surface area contributed by atoms with E-state index in [9.17, 15) is 4.79 Å². The van der Waals surface area contributed by atoms with Crippen LogP contribution in [0.2, 0.25) is 5.02 Å². The van der Waals surface area contributed by atoms with E-state index in [1.165, 1.54) is 0 Å². The van der Waals surface area contributed by atoms with Crippen molar-refractivity contribution in [1.29, 1.82) is 0 Å². The Balaban J connectivity index is 1.84. The van der Waals surface area contributed by atoms with E-state index >= 15 is 0 Å². The molecular weight excluding hydrogens is 288 g/mol. The maximum absolute atomic E-state index is 11.9. The minimum Gasteiger partial charge on any atom is -0.397 e. The lowest BCUT2D eigenvalue weighted by Gasteiger charge is -2.09. The lowest BCUT2D eigenvalue weighted by atomic mass is 10.2. The third-order valence-electron chi connectivity index (χ3n) is 3.44. The Morgan fingerprint density at radius 1 is 1.43 bits per heavy atom. The largest absolute Gasteiger partial charge is 0.397 e. The number of hydrogen-bond acceptors (Lipinski definition) is 3. The number of aromatic nitrogens is 2. The molecule has 0 saturated heterocycles. The molecule has 2 rings (SSSR count). The number of carbonyl (C=O) groups is 1. The molecule has 0 spiro atoms. The second kappa shape index (κ2) is 6.63. The number of imidazole rings is 1. The fourth-order valence-electron chi connectivity index (χ4n) is 2.04. The highest BCUT2D eigenvalue weighted by Gasteiger charge is 2.07. The normalized spacial score (nSPS) is 10.6. The molecule has 0 fully saturated rings. The van der Waals surface area contributed by atoms with Gasteiger partial charge in [-0.1, -0.05) is 11.6 Å². The first kappa shape index (κ1) is 15.4. The van der Waals surface area contributed by atoms with Gasteiger partial charge in [0.1, 0.15) is 0 Å². The average Bonchev–Trinajstić information content (AvgIpc) is 2.74. The highest BCUT2D eigenvalue weighted by molar-refractivity contribution is 6.31. The van der Waals surface area contributed by atoms with Crippen molar-refractivity contribution in [1.82, 2.24) is 9.55 Å². The van der Waals surface area contributed by atoms with E-state index in [0.717, 1.165) is 24.4 Å². The number of nitrogens with one attached hydrogen (secondary N) is 1. The van der Waals surface area contributed by atoms with Gasteiger partial charge >= 0.3 is 0 Å². The van der Waals surface area contributed by atoms with Gasteiger partial charge in [0.05, 0.1) is 23.4 Å². The standard InChI is InChI=1S/C15H19ClN4O/c1-10-11(2)20(9-18-10)7-3-4-15(21)19-14-6-5-12(16)8-13(14)17/h5-6,8-9H,3-4,7,17H2,1-2H3,(H,19,21). The van der Waals surface area contributed by atoms with Crippen LogP contribution < -0.4 is 11.1 Å². The first-order valence-corrected chi connectivity index (χ1v) is 7.18. The monoisotopic (exact) mass is 306 g/mol. The number of carbonyl (C=O) groups excluding carboxylic acids is 1. The summed E-state index contributed by atoms with van der Waals surface area (Å²) in [5, 5.41) is 3.35. The van der Waals surface area contributed by atoms with Crippen molar-refractivity contribution in [2.75, 3.05) is 11.1 Å². The molecular formula is C15H19ClN4O. The number of amides is 1. The SMILES string of the molecule is Cc1ncn(CCCC(=O)Nc2ccc(Cl)cc2N)c1C. The minimum atomic E-state index is -0.0569. The van der Waals surface area contributed by atoms with Crippen LogP contribution in [0, 0.1) is 13.8 Å². The fourth-order valence-corrected chi connectivity index (χ4v) is 2.22. The first-order chi connectivity index (χ1) is 9.97. The molecule has 2 aromatic rings. The Kier molecular flexibility index (Phi) is 4.85. The molecule has 0 atom stereocenters. The van der Waals surface area contributed by atoms with Gasteiger partial charge in [0.2, 0.25) is 5.91 Å². The van der Waals surface area contributed by atoms with E-state index in [4.69, 9.17) is 17.3 Å². The van der Waals surface area contributed by atoms with Gasteiger partial charge in [-0.2, -0.15) is 0 Å². The lowest BCUT2D eigenvalue weighted by molar-refractivity contribution is -0.116.